The molecule has 3 nitrogen and oxygen atoms in total. The highest BCUT2D eigenvalue weighted by Crippen LogP contribution is 2.14. The van der Waals surface area contributed by atoms with Crippen LogP contribution in [0.25, 0.3) is 11.2 Å². The van der Waals surface area contributed by atoms with Crippen molar-refractivity contribution < 1.29 is 0 Å². The molecule has 0 N–H and O–H groups in total. The normalized spacial score (nSPS) is 11.4. The first-order valence-corrected chi connectivity index (χ1v) is 4.95. The molecule has 74 valence electrons. The Morgan fingerprint density at radius 1 is 1.43 bits per heavy atom. The highest BCUT2D eigenvalue weighted by Gasteiger charge is 2.08. The Bertz CT molecular complexity index is 443. The molecular weight excluding hydrogens is 174 g/mol. The highest BCUT2D eigenvalue weighted by molar-refractivity contribution is 5.70. The van der Waals surface area contributed by atoms with Crippen molar-refractivity contribution in [3.63, 3.8) is 0 Å². The van der Waals surface area contributed by atoms with E-state index in [2.05, 4.69) is 28.4 Å². The Morgan fingerprint density at radius 3 is 2.86 bits per heavy atom. The fourth-order valence-electron chi connectivity index (χ4n) is 1.62. The topological polar surface area (TPSA) is 30.7 Å². The zero-order valence-electron chi connectivity index (χ0n) is 8.86. The van der Waals surface area contributed by atoms with Crippen LogP contribution in [-0.4, -0.2) is 14.5 Å². The van der Waals surface area contributed by atoms with Crippen LogP contribution < -0.4 is 0 Å². The molecule has 0 spiro atoms. The molecular formula is C11H15N3. The molecule has 2 rings (SSSR count). The second-order valence-electron chi connectivity index (χ2n) is 4.03. The van der Waals surface area contributed by atoms with Crippen molar-refractivity contribution in [2.24, 2.45) is 13.0 Å². The second kappa shape index (κ2) is 3.40. The van der Waals surface area contributed by atoms with Crippen molar-refractivity contribution in [1.29, 1.82) is 0 Å². The minimum absolute atomic E-state index is 0.630. The fourth-order valence-corrected chi connectivity index (χ4v) is 1.62. The molecule has 0 aliphatic carbocycles. The maximum Gasteiger partial charge on any atom is 0.159 e. The number of hydrogen-bond acceptors (Lipinski definition) is 2. The van der Waals surface area contributed by atoms with E-state index in [0.29, 0.717) is 5.92 Å². The van der Waals surface area contributed by atoms with E-state index in [1.807, 2.05) is 25.4 Å². The van der Waals surface area contributed by atoms with Gasteiger partial charge in [-0.15, -0.1) is 0 Å². The van der Waals surface area contributed by atoms with Crippen LogP contribution in [0.1, 0.15) is 19.7 Å². The van der Waals surface area contributed by atoms with Crippen LogP contribution in [0.2, 0.25) is 0 Å². The van der Waals surface area contributed by atoms with E-state index in [1.165, 1.54) is 0 Å². The first-order valence-electron chi connectivity index (χ1n) is 4.95. The number of hydrogen-bond donors (Lipinski definition) is 0. The van der Waals surface area contributed by atoms with Gasteiger partial charge in [0.15, 0.2) is 5.65 Å². The molecule has 0 saturated carbocycles. The van der Waals surface area contributed by atoms with Crippen LogP contribution in [0.3, 0.4) is 0 Å². The van der Waals surface area contributed by atoms with Crippen molar-refractivity contribution in [2.45, 2.75) is 20.3 Å². The summed E-state index contributed by atoms with van der Waals surface area (Å²) in [6.45, 7) is 4.40. The van der Waals surface area contributed by atoms with Gasteiger partial charge in [-0.05, 0) is 18.1 Å². The molecule has 0 aromatic carbocycles. The van der Waals surface area contributed by atoms with E-state index in [-0.39, 0.29) is 0 Å². The Kier molecular flexibility index (Phi) is 2.23. The third kappa shape index (κ3) is 1.50. The number of nitrogens with zero attached hydrogens (tertiary/aromatic N) is 3. The van der Waals surface area contributed by atoms with Gasteiger partial charge in [0.2, 0.25) is 0 Å². The zero-order chi connectivity index (χ0) is 10.1. The van der Waals surface area contributed by atoms with Crippen LogP contribution in [0, 0.1) is 5.92 Å². The van der Waals surface area contributed by atoms with Crippen LogP contribution >= 0.6 is 0 Å². The van der Waals surface area contributed by atoms with Gasteiger partial charge in [0.05, 0.1) is 0 Å². The smallest absolute Gasteiger partial charge is 0.159 e. The van der Waals surface area contributed by atoms with Gasteiger partial charge in [0.1, 0.15) is 11.3 Å². The predicted octanol–water partition coefficient (Wildman–Crippen LogP) is 2.17. The standard InChI is InChI=1S/C11H15N3/c1-8(2)7-10-13-9-5-4-6-12-11(9)14(10)3/h4-6,8H,7H2,1-3H3. The second-order valence-corrected chi connectivity index (χ2v) is 4.03. The van der Waals surface area contributed by atoms with Gasteiger partial charge >= 0.3 is 0 Å². The van der Waals surface area contributed by atoms with Gasteiger partial charge in [-0.1, -0.05) is 13.8 Å². The minimum Gasteiger partial charge on any atom is -0.316 e. The summed E-state index contributed by atoms with van der Waals surface area (Å²) >= 11 is 0. The van der Waals surface area contributed by atoms with Gasteiger partial charge in [0, 0.05) is 19.7 Å². The molecule has 0 radical (unpaired) electrons. The largest absolute Gasteiger partial charge is 0.316 e. The van der Waals surface area contributed by atoms with E-state index in [9.17, 15) is 0 Å². The van der Waals surface area contributed by atoms with Gasteiger partial charge in [0.25, 0.3) is 0 Å². The summed E-state index contributed by atoms with van der Waals surface area (Å²) in [7, 11) is 2.03. The first-order chi connectivity index (χ1) is 6.68. The number of aromatic nitrogens is 3. The Balaban J connectivity index is 2.51. The molecule has 2 aromatic heterocycles. The molecule has 0 saturated heterocycles. The average Bonchev–Trinajstić information content (AvgIpc) is 2.44. The number of rotatable bonds is 2. The summed E-state index contributed by atoms with van der Waals surface area (Å²) in [6, 6.07) is 3.93. The molecule has 0 unspecified atom stereocenters. The van der Waals surface area contributed by atoms with Crippen molar-refractivity contribution in [1.82, 2.24) is 14.5 Å². The maximum atomic E-state index is 4.55. The van der Waals surface area contributed by atoms with Crippen molar-refractivity contribution >= 4 is 11.2 Å². The quantitative estimate of drug-likeness (QED) is 0.724. The Hall–Kier alpha value is -1.38. The van der Waals surface area contributed by atoms with Gasteiger partial charge in [-0.3, -0.25) is 0 Å². The SMILES string of the molecule is CC(C)Cc1nc2cccnc2n1C. The van der Waals surface area contributed by atoms with Crippen molar-refractivity contribution in [2.75, 3.05) is 0 Å². The molecule has 0 aliphatic rings. The molecule has 0 amide bonds. The lowest BCUT2D eigenvalue weighted by molar-refractivity contribution is 0.605. The lowest BCUT2D eigenvalue weighted by atomic mass is 10.1. The van der Waals surface area contributed by atoms with Gasteiger partial charge < -0.3 is 4.57 Å². The third-order valence-corrected chi connectivity index (χ3v) is 2.31. The van der Waals surface area contributed by atoms with Crippen LogP contribution in [0.4, 0.5) is 0 Å². The maximum absolute atomic E-state index is 4.55. The molecule has 0 atom stereocenters. The highest BCUT2D eigenvalue weighted by atomic mass is 15.1. The number of fused-ring (bicyclic) bond motifs is 1. The van der Waals surface area contributed by atoms with Crippen LogP contribution in [0.15, 0.2) is 18.3 Å². The molecule has 3 heteroatoms. The summed E-state index contributed by atoms with van der Waals surface area (Å²) in [5, 5.41) is 0. The number of imidazole rings is 1. The lowest BCUT2D eigenvalue weighted by Gasteiger charge is -2.03. The molecule has 0 fully saturated rings. The van der Waals surface area contributed by atoms with E-state index in [0.717, 1.165) is 23.4 Å². The van der Waals surface area contributed by atoms with Crippen LogP contribution in [-0.2, 0) is 13.5 Å². The third-order valence-electron chi connectivity index (χ3n) is 2.31. The minimum atomic E-state index is 0.630. The summed E-state index contributed by atoms with van der Waals surface area (Å²) in [6.07, 6.45) is 2.82. The molecule has 0 bridgehead atoms. The predicted molar refractivity (Wildman–Crippen MR) is 57.1 cm³/mol. The molecule has 2 aromatic rings. The van der Waals surface area contributed by atoms with Gasteiger partial charge in [-0.2, -0.15) is 0 Å². The van der Waals surface area contributed by atoms with Crippen LogP contribution in [0.5, 0.6) is 0 Å². The molecule has 14 heavy (non-hydrogen) atoms. The van der Waals surface area contributed by atoms with E-state index < -0.39 is 0 Å². The summed E-state index contributed by atoms with van der Waals surface area (Å²) < 4.78 is 2.08. The Morgan fingerprint density at radius 2 is 2.21 bits per heavy atom. The summed E-state index contributed by atoms with van der Waals surface area (Å²) in [5.74, 6) is 1.75. The van der Waals surface area contributed by atoms with Crippen molar-refractivity contribution in [3.05, 3.63) is 24.2 Å². The number of aryl methyl sites for hydroxylation is 1. The number of pyridine rings is 1. The zero-order valence-corrected chi connectivity index (χ0v) is 8.86. The van der Waals surface area contributed by atoms with E-state index in [4.69, 9.17) is 0 Å². The summed E-state index contributed by atoms with van der Waals surface area (Å²) in [5.41, 5.74) is 1.97. The average molecular weight is 189 g/mol. The Labute approximate surface area is 83.8 Å². The fraction of sp³-hybridized carbons (Fsp3) is 0.455. The lowest BCUT2D eigenvalue weighted by Crippen LogP contribution is -2.02. The van der Waals surface area contributed by atoms with E-state index >= 15 is 0 Å². The van der Waals surface area contributed by atoms with Gasteiger partial charge in [-0.25, -0.2) is 9.97 Å². The first kappa shape index (κ1) is 9.19. The molecule has 0 aliphatic heterocycles. The monoisotopic (exact) mass is 189 g/mol. The van der Waals surface area contributed by atoms with Crippen molar-refractivity contribution in [3.8, 4) is 0 Å². The van der Waals surface area contributed by atoms with E-state index in [1.54, 1.807) is 0 Å². The summed E-state index contributed by atoms with van der Waals surface area (Å²) in [4.78, 5) is 8.86. The molecule has 2 heterocycles.